The molecule has 0 aliphatic rings. The van der Waals surface area contributed by atoms with Gasteiger partial charge in [0, 0.05) is 11.5 Å². The van der Waals surface area contributed by atoms with Crippen molar-refractivity contribution in [2.24, 2.45) is 0 Å². The van der Waals surface area contributed by atoms with E-state index in [1.54, 1.807) is 36.4 Å². The third-order valence-electron chi connectivity index (χ3n) is 5.94. The SMILES string of the molecule is C=COCC(O)COCCOCC(O)COc1ccc2cc(-c3ccc(CCCCC)cc3OC(F)(F)F)oc2c1. The number of rotatable bonds is 19. The molecule has 2 N–H and O–H groups in total. The maximum atomic E-state index is 13.2. The molecule has 2 atom stereocenters. The van der Waals surface area contributed by atoms with Gasteiger partial charge in [0.2, 0.25) is 0 Å². The average molecular weight is 583 g/mol. The fourth-order valence-electron chi connectivity index (χ4n) is 3.97. The monoisotopic (exact) mass is 582 g/mol. The van der Waals surface area contributed by atoms with Crippen LogP contribution in [0.3, 0.4) is 0 Å². The minimum atomic E-state index is -4.84. The molecule has 8 nitrogen and oxygen atoms in total. The van der Waals surface area contributed by atoms with Crippen molar-refractivity contribution in [2.75, 3.05) is 39.6 Å². The van der Waals surface area contributed by atoms with E-state index in [4.69, 9.17) is 23.4 Å². The van der Waals surface area contributed by atoms with Gasteiger partial charge in [0.05, 0.1) is 38.3 Å². The Labute approximate surface area is 237 Å². The number of ether oxygens (including phenoxy) is 5. The number of hydrogen-bond acceptors (Lipinski definition) is 8. The molecule has 0 saturated heterocycles. The number of aliphatic hydroxyl groups is 2. The highest BCUT2D eigenvalue weighted by Crippen LogP contribution is 2.38. The Balaban J connectivity index is 1.55. The summed E-state index contributed by atoms with van der Waals surface area (Å²) in [5.41, 5.74) is 1.36. The summed E-state index contributed by atoms with van der Waals surface area (Å²) < 4.78 is 70.8. The van der Waals surface area contributed by atoms with Gasteiger partial charge in [0.1, 0.15) is 48.3 Å². The molecule has 0 spiro atoms. The van der Waals surface area contributed by atoms with Crippen molar-refractivity contribution in [3.05, 3.63) is 60.9 Å². The molecule has 0 radical (unpaired) electrons. The summed E-state index contributed by atoms with van der Waals surface area (Å²) in [7, 11) is 0. The van der Waals surface area contributed by atoms with E-state index < -0.39 is 18.6 Å². The summed E-state index contributed by atoms with van der Waals surface area (Å²) in [5.74, 6) is 0.330. The van der Waals surface area contributed by atoms with Crippen LogP contribution in [-0.2, 0) is 20.6 Å². The quantitative estimate of drug-likeness (QED) is 0.131. The molecule has 226 valence electrons. The first kappa shape index (κ1) is 32.3. The summed E-state index contributed by atoms with van der Waals surface area (Å²) >= 11 is 0. The summed E-state index contributed by atoms with van der Waals surface area (Å²) in [4.78, 5) is 0. The first-order valence-corrected chi connectivity index (χ1v) is 13.5. The first-order chi connectivity index (χ1) is 19.7. The van der Waals surface area contributed by atoms with Crippen molar-refractivity contribution in [1.29, 1.82) is 0 Å². The molecule has 41 heavy (non-hydrogen) atoms. The highest BCUT2D eigenvalue weighted by atomic mass is 19.4. The molecule has 1 heterocycles. The van der Waals surface area contributed by atoms with Crippen LogP contribution in [0.15, 0.2) is 59.7 Å². The van der Waals surface area contributed by atoms with Crippen LogP contribution in [0.2, 0.25) is 0 Å². The summed E-state index contributed by atoms with van der Waals surface area (Å²) in [6.07, 6.45) is -1.76. The Morgan fingerprint density at radius 3 is 2.34 bits per heavy atom. The number of furan rings is 1. The molecule has 0 bridgehead atoms. The van der Waals surface area contributed by atoms with Gasteiger partial charge in [-0.25, -0.2) is 0 Å². The number of fused-ring (bicyclic) bond motifs is 1. The van der Waals surface area contributed by atoms with Crippen LogP contribution in [0.4, 0.5) is 13.2 Å². The van der Waals surface area contributed by atoms with Crippen LogP contribution in [-0.4, -0.2) is 68.4 Å². The van der Waals surface area contributed by atoms with E-state index in [9.17, 15) is 23.4 Å². The van der Waals surface area contributed by atoms with E-state index in [2.05, 4.69) is 18.2 Å². The molecule has 0 fully saturated rings. The molecule has 11 heteroatoms. The van der Waals surface area contributed by atoms with E-state index in [1.165, 1.54) is 12.3 Å². The predicted molar refractivity (Wildman–Crippen MR) is 147 cm³/mol. The average Bonchev–Trinajstić information content (AvgIpc) is 3.35. The summed E-state index contributed by atoms with van der Waals surface area (Å²) in [6, 6.07) is 11.4. The zero-order valence-electron chi connectivity index (χ0n) is 23.0. The third-order valence-corrected chi connectivity index (χ3v) is 5.94. The zero-order chi connectivity index (χ0) is 29.7. The van der Waals surface area contributed by atoms with Crippen molar-refractivity contribution < 1.29 is 51.5 Å². The number of alkyl halides is 3. The maximum absolute atomic E-state index is 13.2. The van der Waals surface area contributed by atoms with Crippen molar-refractivity contribution >= 4 is 11.0 Å². The molecule has 3 aromatic rings. The number of aryl methyl sites for hydroxylation is 1. The Bertz CT molecular complexity index is 1210. The second-order valence-electron chi connectivity index (χ2n) is 9.41. The van der Waals surface area contributed by atoms with Gasteiger partial charge < -0.3 is 38.3 Å². The highest BCUT2D eigenvalue weighted by molar-refractivity contribution is 5.85. The predicted octanol–water partition coefficient (Wildman–Crippen LogP) is 6.03. The van der Waals surface area contributed by atoms with Gasteiger partial charge in [0.25, 0.3) is 0 Å². The molecule has 2 unspecified atom stereocenters. The van der Waals surface area contributed by atoms with Crippen LogP contribution in [0.1, 0.15) is 31.7 Å². The number of hydrogen-bond donors (Lipinski definition) is 2. The molecule has 2 aromatic carbocycles. The van der Waals surface area contributed by atoms with E-state index in [-0.39, 0.29) is 56.7 Å². The lowest BCUT2D eigenvalue weighted by Crippen LogP contribution is -2.25. The highest BCUT2D eigenvalue weighted by Gasteiger charge is 2.33. The van der Waals surface area contributed by atoms with Crippen LogP contribution in [0.5, 0.6) is 11.5 Å². The Morgan fingerprint density at radius 2 is 1.66 bits per heavy atom. The van der Waals surface area contributed by atoms with Crippen molar-refractivity contribution in [2.45, 2.75) is 51.2 Å². The minimum absolute atomic E-state index is 0.00898. The van der Waals surface area contributed by atoms with Gasteiger partial charge >= 0.3 is 6.36 Å². The normalized spacial score (nSPS) is 13.2. The smallest absolute Gasteiger partial charge is 0.499 e. The molecule has 3 rings (SSSR count). The lowest BCUT2D eigenvalue weighted by molar-refractivity contribution is -0.274. The fourth-order valence-corrected chi connectivity index (χ4v) is 3.97. The molecule has 0 aliphatic heterocycles. The number of unbranched alkanes of at least 4 members (excludes halogenated alkanes) is 2. The number of aliphatic hydroxyl groups excluding tert-OH is 2. The fraction of sp³-hybridized carbons (Fsp3) is 0.467. The Kier molecular flexibility index (Phi) is 12.8. The lowest BCUT2D eigenvalue weighted by atomic mass is 10.0. The maximum Gasteiger partial charge on any atom is 0.573 e. The molecule has 0 saturated carbocycles. The van der Waals surface area contributed by atoms with Gasteiger partial charge in [-0.3, -0.25) is 0 Å². The van der Waals surface area contributed by atoms with E-state index in [0.717, 1.165) is 24.8 Å². The van der Waals surface area contributed by atoms with E-state index in [1.807, 2.05) is 0 Å². The number of benzene rings is 2. The van der Waals surface area contributed by atoms with Crippen molar-refractivity contribution in [3.63, 3.8) is 0 Å². The van der Waals surface area contributed by atoms with Crippen molar-refractivity contribution in [1.82, 2.24) is 0 Å². The molecular weight excluding hydrogens is 545 g/mol. The minimum Gasteiger partial charge on any atom is -0.499 e. The van der Waals surface area contributed by atoms with E-state index in [0.29, 0.717) is 23.1 Å². The topological polar surface area (TPSA) is 99.8 Å². The summed E-state index contributed by atoms with van der Waals surface area (Å²) in [5, 5.41) is 20.4. The van der Waals surface area contributed by atoms with Gasteiger partial charge in [-0.15, -0.1) is 13.2 Å². The first-order valence-electron chi connectivity index (χ1n) is 13.5. The lowest BCUT2D eigenvalue weighted by Gasteiger charge is -2.14. The standard InChI is InChI=1S/C30H37F3O8/c1-3-5-6-7-21-8-11-26(29(14-21)41-30(31,32)33)28-15-22-9-10-25(16-27(22)40-28)39-20-24(35)19-38-13-12-37-18-23(34)17-36-4-2/h4,8-11,14-16,23-24,34-35H,2-3,5-7,12-13,17-20H2,1H3. The largest absolute Gasteiger partial charge is 0.573 e. The van der Waals surface area contributed by atoms with Crippen LogP contribution in [0, 0.1) is 0 Å². The second-order valence-corrected chi connectivity index (χ2v) is 9.41. The number of halogens is 3. The molecular formula is C30H37F3O8. The molecule has 1 aromatic heterocycles. The van der Waals surface area contributed by atoms with Crippen LogP contribution < -0.4 is 9.47 Å². The van der Waals surface area contributed by atoms with Crippen molar-refractivity contribution in [3.8, 4) is 22.8 Å². The zero-order valence-corrected chi connectivity index (χ0v) is 23.0. The van der Waals surface area contributed by atoms with Crippen LogP contribution in [0.25, 0.3) is 22.3 Å². The van der Waals surface area contributed by atoms with E-state index >= 15 is 0 Å². The van der Waals surface area contributed by atoms with Gasteiger partial charge in [0.15, 0.2) is 0 Å². The third kappa shape index (κ3) is 11.3. The van der Waals surface area contributed by atoms with Gasteiger partial charge in [-0.1, -0.05) is 32.4 Å². The van der Waals surface area contributed by atoms with Gasteiger partial charge in [-0.05, 0) is 48.7 Å². The molecule has 0 amide bonds. The Hall–Kier alpha value is -3.25. The second kappa shape index (κ2) is 16.3. The molecule has 0 aliphatic carbocycles. The van der Waals surface area contributed by atoms with Gasteiger partial charge in [-0.2, -0.15) is 0 Å². The summed E-state index contributed by atoms with van der Waals surface area (Å²) in [6.45, 7) is 6.02. The Morgan fingerprint density at radius 1 is 0.927 bits per heavy atom. The van der Waals surface area contributed by atoms with Crippen LogP contribution >= 0.6 is 0 Å².